The van der Waals surface area contributed by atoms with E-state index in [1.807, 2.05) is 6.92 Å². The summed E-state index contributed by atoms with van der Waals surface area (Å²) in [6, 6.07) is 1.54. The van der Waals surface area contributed by atoms with E-state index in [1.54, 1.807) is 6.92 Å². The van der Waals surface area contributed by atoms with E-state index in [2.05, 4.69) is 10.6 Å². The van der Waals surface area contributed by atoms with Gasteiger partial charge in [-0.25, -0.2) is 0 Å². The highest BCUT2D eigenvalue weighted by Gasteiger charge is 2.68. The lowest BCUT2D eigenvalue weighted by molar-refractivity contribution is -0.169. The summed E-state index contributed by atoms with van der Waals surface area (Å²) in [4.78, 5) is 53.1. The van der Waals surface area contributed by atoms with E-state index in [0.29, 0.717) is 12.1 Å². The van der Waals surface area contributed by atoms with Crippen LogP contribution in [0.3, 0.4) is 0 Å². The third-order valence-corrected chi connectivity index (χ3v) is 8.40. The van der Waals surface area contributed by atoms with Crippen LogP contribution in [0.25, 0.3) is 5.76 Å². The van der Waals surface area contributed by atoms with Crippen molar-refractivity contribution in [3.05, 3.63) is 40.2 Å². The zero-order valence-electron chi connectivity index (χ0n) is 23.3. The van der Waals surface area contributed by atoms with E-state index in [-0.39, 0.29) is 17.8 Å². The molecule has 2 unspecified atom stereocenters. The minimum absolute atomic E-state index is 0.0270. The normalized spacial score (nSPS) is 29.3. The van der Waals surface area contributed by atoms with Crippen molar-refractivity contribution in [2.75, 3.05) is 32.5 Å². The minimum Gasteiger partial charge on any atom is -0.508 e. The van der Waals surface area contributed by atoms with E-state index in [9.17, 15) is 44.7 Å². The number of likely N-dealkylation sites (N-methyl/N-ethyl adjacent to an activating group) is 1. The van der Waals surface area contributed by atoms with Crippen molar-refractivity contribution < 1.29 is 44.7 Å². The molecule has 0 aliphatic heterocycles. The van der Waals surface area contributed by atoms with E-state index in [4.69, 9.17) is 5.73 Å². The first kappa shape index (κ1) is 30.2. The summed E-state index contributed by atoms with van der Waals surface area (Å²) in [6.07, 6.45) is 0.141. The number of primary amides is 1. The molecule has 2 amide bonds. The lowest BCUT2D eigenvalue weighted by Crippen LogP contribution is -2.70. The third kappa shape index (κ3) is 4.49. The number of fused-ring (bicyclic) bond motifs is 3. The molecular weight excluding hydrogens is 536 g/mol. The van der Waals surface area contributed by atoms with Crippen molar-refractivity contribution in [1.29, 1.82) is 0 Å². The van der Waals surface area contributed by atoms with Gasteiger partial charge in [0.15, 0.2) is 11.4 Å². The van der Waals surface area contributed by atoms with Gasteiger partial charge < -0.3 is 41.9 Å². The number of hydrogen-bond acceptors (Lipinski definition) is 11. The molecule has 9 N–H and O–H groups in total. The zero-order chi connectivity index (χ0) is 30.5. The predicted molar refractivity (Wildman–Crippen MR) is 147 cm³/mol. The molecule has 1 aromatic rings. The zero-order valence-corrected chi connectivity index (χ0v) is 23.3. The highest BCUT2D eigenvalue weighted by Crippen LogP contribution is 2.56. The van der Waals surface area contributed by atoms with Gasteiger partial charge in [0, 0.05) is 11.5 Å². The number of ketones is 2. The van der Waals surface area contributed by atoms with Crippen LogP contribution in [-0.2, 0) is 19.2 Å². The number of carbonyl (C=O) groups excluding carboxylic acids is 4. The van der Waals surface area contributed by atoms with Crippen LogP contribution in [0.4, 0.5) is 5.69 Å². The van der Waals surface area contributed by atoms with Crippen molar-refractivity contribution in [2.45, 2.75) is 50.4 Å². The molecule has 0 aromatic heterocycles. The average Bonchev–Trinajstić information content (AvgIpc) is 2.89. The smallest absolute Gasteiger partial charge is 0.255 e. The number of aromatic hydroxyl groups is 1. The summed E-state index contributed by atoms with van der Waals surface area (Å²) < 4.78 is 0. The van der Waals surface area contributed by atoms with Crippen LogP contribution < -0.4 is 16.4 Å². The molecule has 0 spiro atoms. The first-order valence-corrected chi connectivity index (χ1v) is 13.4. The molecule has 1 saturated carbocycles. The maximum atomic E-state index is 14.0. The summed E-state index contributed by atoms with van der Waals surface area (Å²) >= 11 is 0. The van der Waals surface area contributed by atoms with E-state index < -0.39 is 87.3 Å². The number of nitrogens with zero attached hydrogens (tertiary/aromatic N) is 1. The van der Waals surface area contributed by atoms with Gasteiger partial charge in [0.25, 0.3) is 5.91 Å². The number of amides is 2. The molecule has 0 heterocycles. The molecular formula is C28H36N4O9. The highest BCUT2D eigenvalue weighted by atomic mass is 16.4. The molecule has 13 nitrogen and oxygen atoms in total. The monoisotopic (exact) mass is 572 g/mol. The Morgan fingerprint density at radius 2 is 1.80 bits per heavy atom. The molecule has 222 valence electrons. The Labute approximate surface area is 236 Å². The first-order valence-electron chi connectivity index (χ1n) is 13.4. The number of benzene rings is 1. The highest BCUT2D eigenvalue weighted by molar-refractivity contribution is 6.24. The summed E-state index contributed by atoms with van der Waals surface area (Å²) in [5.74, 6) is -10.2. The van der Waals surface area contributed by atoms with Crippen LogP contribution in [0.5, 0.6) is 5.75 Å². The molecule has 1 aromatic carbocycles. The number of unbranched alkanes of at least 4 members (excludes halogenated alkanes) is 1. The number of rotatable bonds is 8. The topological polar surface area (TPSA) is 223 Å². The van der Waals surface area contributed by atoms with Gasteiger partial charge >= 0.3 is 0 Å². The van der Waals surface area contributed by atoms with Crippen molar-refractivity contribution in [2.24, 2.45) is 17.6 Å². The molecule has 41 heavy (non-hydrogen) atoms. The second kappa shape index (κ2) is 10.9. The van der Waals surface area contributed by atoms with E-state index >= 15 is 0 Å². The Morgan fingerprint density at radius 1 is 1.15 bits per heavy atom. The Hall–Kier alpha value is -3.78. The van der Waals surface area contributed by atoms with E-state index in [1.165, 1.54) is 31.1 Å². The van der Waals surface area contributed by atoms with Crippen LogP contribution in [0, 0.1) is 11.8 Å². The number of aliphatic hydroxyl groups is 4. The maximum absolute atomic E-state index is 14.0. The van der Waals surface area contributed by atoms with Crippen LogP contribution >= 0.6 is 0 Å². The summed E-state index contributed by atoms with van der Waals surface area (Å²) in [7, 11) is 2.88. The van der Waals surface area contributed by atoms with Gasteiger partial charge in [0.2, 0.25) is 11.7 Å². The predicted octanol–water partition coefficient (Wildman–Crippen LogP) is -0.176. The number of anilines is 1. The summed E-state index contributed by atoms with van der Waals surface area (Å²) in [5.41, 5.74) is 0.950. The Morgan fingerprint density at radius 3 is 2.39 bits per heavy atom. The van der Waals surface area contributed by atoms with Crippen LogP contribution in [0.2, 0.25) is 0 Å². The van der Waals surface area contributed by atoms with Gasteiger partial charge in [-0.1, -0.05) is 26.3 Å². The van der Waals surface area contributed by atoms with Crippen molar-refractivity contribution in [3.63, 3.8) is 0 Å². The Kier molecular flexibility index (Phi) is 8.02. The number of hydrogen-bond donors (Lipinski definition) is 8. The minimum atomic E-state index is -2.99. The van der Waals surface area contributed by atoms with Gasteiger partial charge in [-0.15, -0.1) is 0 Å². The first-order chi connectivity index (χ1) is 19.2. The molecule has 3 aliphatic carbocycles. The number of phenolic OH excluding ortho intramolecular Hbond substituents is 1. The molecule has 0 radical (unpaired) electrons. The number of Topliss-reactive ketones (excluding diaryl/α,β-unsaturated/α-hetero) is 2. The van der Waals surface area contributed by atoms with Gasteiger partial charge in [0.1, 0.15) is 22.8 Å². The lowest BCUT2D eigenvalue weighted by Gasteiger charge is -2.53. The number of aliphatic hydroxyl groups excluding tert-OH is 3. The summed E-state index contributed by atoms with van der Waals surface area (Å²) in [6.45, 7) is 4.24. The molecule has 1 fully saturated rings. The fourth-order valence-electron chi connectivity index (χ4n) is 6.42. The molecule has 13 heteroatoms. The van der Waals surface area contributed by atoms with Gasteiger partial charge in [-0.3, -0.25) is 24.1 Å². The standard InChI is InChI=1S/C28H36N4O9/c1-5-6-9-30-10-14(33)31-13-8-7-12-11(2)15-17(22(35)16(12)21(13)34)25(38)28(41)19(23(15)36)20(32(3)4)24(37)18(26(28)39)27(29)40/h7-8,11,15,19-20,23,30,34-36,39,41H,5-6,9-10H2,1-4H3,(H2,29,40)(H,31,33)/t11-,15?,19?,20-,23-,28-/m0/s1. The number of phenols is 1. The number of nitrogens with two attached hydrogens (primary N) is 1. The molecule has 3 aliphatic rings. The average molecular weight is 573 g/mol. The quantitative estimate of drug-likeness (QED) is 0.116. The largest absolute Gasteiger partial charge is 0.508 e. The van der Waals surface area contributed by atoms with Gasteiger partial charge in [-0.2, -0.15) is 0 Å². The van der Waals surface area contributed by atoms with Gasteiger partial charge in [0.05, 0.1) is 35.9 Å². The maximum Gasteiger partial charge on any atom is 0.255 e. The third-order valence-electron chi connectivity index (χ3n) is 8.40. The second-order valence-electron chi connectivity index (χ2n) is 11.1. The lowest BCUT2D eigenvalue weighted by atomic mass is 9.54. The fraction of sp³-hybridized carbons (Fsp3) is 0.500. The SMILES string of the molecule is CCCCNCC(=O)Nc1ccc2c(c1O)C(O)=C1C(=O)[C@]3(O)C(O)=C(C(N)=O)C(=O)[C@@H](N(C)C)C3[C@@H](O)C1[C@H]2C. The summed E-state index contributed by atoms with van der Waals surface area (Å²) in [5, 5.41) is 62.3. The van der Waals surface area contributed by atoms with Crippen molar-refractivity contribution in [1.82, 2.24) is 10.2 Å². The van der Waals surface area contributed by atoms with Crippen LogP contribution in [0.1, 0.15) is 43.7 Å². The Bertz CT molecular complexity index is 1380. The molecule has 4 rings (SSSR count). The van der Waals surface area contributed by atoms with Crippen LogP contribution in [-0.4, -0.2) is 98.7 Å². The molecule has 0 bridgehead atoms. The number of nitrogens with one attached hydrogen (secondary N) is 2. The Balaban J connectivity index is 1.85. The molecule has 0 saturated heterocycles. The molecule has 6 atom stereocenters. The second-order valence-corrected chi connectivity index (χ2v) is 11.1. The van der Waals surface area contributed by atoms with Crippen LogP contribution in [0.15, 0.2) is 29.0 Å². The number of carbonyl (C=O) groups is 4. The van der Waals surface area contributed by atoms with Crippen molar-refractivity contribution >= 4 is 34.8 Å². The fourth-order valence-corrected chi connectivity index (χ4v) is 6.42. The van der Waals surface area contributed by atoms with Gasteiger partial charge in [-0.05, 0) is 44.6 Å². The van der Waals surface area contributed by atoms with Crippen molar-refractivity contribution in [3.8, 4) is 5.75 Å². The van der Waals surface area contributed by atoms with E-state index in [0.717, 1.165) is 12.8 Å².